The average molecular weight is 252 g/mol. The quantitative estimate of drug-likeness (QED) is 0.781. The van der Waals surface area contributed by atoms with Crippen molar-refractivity contribution < 1.29 is 4.79 Å². The normalized spacial score (nSPS) is 16.2. The highest BCUT2D eigenvalue weighted by Gasteiger charge is 2.40. The molecular formula is C16H16N2O. The van der Waals surface area contributed by atoms with Crippen molar-refractivity contribution >= 4 is 5.91 Å². The summed E-state index contributed by atoms with van der Waals surface area (Å²) in [4.78, 5) is 18.6. The first-order chi connectivity index (χ1) is 9.10. The monoisotopic (exact) mass is 252 g/mol. The van der Waals surface area contributed by atoms with Gasteiger partial charge in [-0.25, -0.2) is 0 Å². The molecule has 1 aliphatic rings. The number of pyridine rings is 1. The van der Waals surface area contributed by atoms with Crippen molar-refractivity contribution in [2.45, 2.75) is 25.9 Å². The Labute approximate surface area is 112 Å². The zero-order chi connectivity index (χ0) is 13.5. The number of benzene rings is 1. The fraction of sp³-hybridized carbons (Fsp3) is 0.250. The third-order valence-corrected chi connectivity index (χ3v) is 3.81. The molecule has 0 N–H and O–H groups in total. The largest absolute Gasteiger partial charge is 0.324 e. The number of amides is 1. The molecule has 0 atom stereocenters. The van der Waals surface area contributed by atoms with Crippen LogP contribution < -0.4 is 0 Å². The maximum absolute atomic E-state index is 12.6. The number of fused-ring (bicyclic) bond motifs is 1. The van der Waals surface area contributed by atoms with Gasteiger partial charge in [0.2, 0.25) is 0 Å². The number of hydrogen-bond donors (Lipinski definition) is 0. The second-order valence-corrected chi connectivity index (χ2v) is 5.32. The maximum Gasteiger partial charge on any atom is 0.273 e. The van der Waals surface area contributed by atoms with E-state index in [0.717, 1.165) is 0 Å². The Hall–Kier alpha value is -2.16. The molecule has 3 nitrogen and oxygen atoms in total. The van der Waals surface area contributed by atoms with Crippen LogP contribution in [0.4, 0.5) is 0 Å². The fourth-order valence-corrected chi connectivity index (χ4v) is 2.72. The van der Waals surface area contributed by atoms with Crippen molar-refractivity contribution in [2.75, 3.05) is 0 Å². The van der Waals surface area contributed by atoms with Crippen LogP contribution in [0.1, 0.15) is 35.5 Å². The number of carbonyl (C=O) groups excluding carboxylic acids is 1. The minimum atomic E-state index is -0.287. The lowest BCUT2D eigenvalue weighted by molar-refractivity contribution is 0.0569. The number of aromatic nitrogens is 1. The van der Waals surface area contributed by atoms with Gasteiger partial charge in [0.25, 0.3) is 5.91 Å². The first-order valence-electron chi connectivity index (χ1n) is 6.42. The highest BCUT2D eigenvalue weighted by molar-refractivity contribution is 5.93. The van der Waals surface area contributed by atoms with E-state index in [2.05, 4.69) is 31.0 Å². The molecule has 1 amide bonds. The standard InChI is InChI=1S/C16H16N2O/c1-16(2)13-8-4-3-7-12(13)11-18(16)15(19)14-9-5-6-10-17-14/h3-10H,11H2,1-2H3. The van der Waals surface area contributed by atoms with E-state index in [9.17, 15) is 4.79 Å². The second kappa shape index (κ2) is 4.19. The maximum atomic E-state index is 12.6. The molecule has 0 fully saturated rings. The Morgan fingerprint density at radius 3 is 2.58 bits per heavy atom. The summed E-state index contributed by atoms with van der Waals surface area (Å²) in [5, 5.41) is 0. The van der Waals surface area contributed by atoms with Crippen molar-refractivity contribution in [2.24, 2.45) is 0 Å². The fourth-order valence-electron chi connectivity index (χ4n) is 2.72. The van der Waals surface area contributed by atoms with Gasteiger partial charge in [-0.2, -0.15) is 0 Å². The molecule has 0 radical (unpaired) electrons. The van der Waals surface area contributed by atoms with Gasteiger partial charge in [0.05, 0.1) is 5.54 Å². The van der Waals surface area contributed by atoms with Gasteiger partial charge in [0, 0.05) is 12.7 Å². The van der Waals surface area contributed by atoms with Crippen LogP contribution in [-0.4, -0.2) is 15.8 Å². The smallest absolute Gasteiger partial charge is 0.273 e. The van der Waals surface area contributed by atoms with Crippen molar-refractivity contribution in [1.29, 1.82) is 0 Å². The zero-order valence-electron chi connectivity index (χ0n) is 11.1. The minimum Gasteiger partial charge on any atom is -0.324 e. The molecule has 2 aromatic rings. The molecule has 0 saturated carbocycles. The summed E-state index contributed by atoms with van der Waals surface area (Å²) in [6, 6.07) is 13.7. The first kappa shape index (κ1) is 11.9. The molecular weight excluding hydrogens is 236 g/mol. The van der Waals surface area contributed by atoms with E-state index in [1.807, 2.05) is 29.2 Å². The van der Waals surface area contributed by atoms with E-state index in [1.54, 1.807) is 12.3 Å². The first-order valence-corrected chi connectivity index (χ1v) is 6.42. The highest BCUT2D eigenvalue weighted by atomic mass is 16.2. The predicted molar refractivity (Wildman–Crippen MR) is 73.6 cm³/mol. The molecule has 3 rings (SSSR count). The van der Waals surface area contributed by atoms with Gasteiger partial charge in [-0.15, -0.1) is 0 Å². The molecule has 19 heavy (non-hydrogen) atoms. The van der Waals surface area contributed by atoms with E-state index < -0.39 is 0 Å². The van der Waals surface area contributed by atoms with Crippen molar-refractivity contribution in [3.8, 4) is 0 Å². The van der Waals surface area contributed by atoms with Gasteiger partial charge in [-0.3, -0.25) is 9.78 Å². The van der Waals surface area contributed by atoms with Gasteiger partial charge in [-0.1, -0.05) is 30.3 Å². The third kappa shape index (κ3) is 1.82. The summed E-state index contributed by atoms with van der Waals surface area (Å²) < 4.78 is 0. The molecule has 0 bridgehead atoms. The second-order valence-electron chi connectivity index (χ2n) is 5.32. The molecule has 1 aromatic carbocycles. The van der Waals surface area contributed by atoms with Crippen LogP contribution in [0.2, 0.25) is 0 Å². The van der Waals surface area contributed by atoms with E-state index in [-0.39, 0.29) is 11.4 Å². The third-order valence-electron chi connectivity index (χ3n) is 3.81. The van der Waals surface area contributed by atoms with Crippen LogP contribution in [0.25, 0.3) is 0 Å². The lowest BCUT2D eigenvalue weighted by Crippen LogP contribution is -2.40. The van der Waals surface area contributed by atoms with E-state index in [0.29, 0.717) is 12.2 Å². The van der Waals surface area contributed by atoms with E-state index >= 15 is 0 Å². The zero-order valence-corrected chi connectivity index (χ0v) is 11.1. The number of rotatable bonds is 1. The Kier molecular flexibility index (Phi) is 2.63. The minimum absolute atomic E-state index is 0.0122. The van der Waals surface area contributed by atoms with Gasteiger partial charge >= 0.3 is 0 Å². The molecule has 0 aliphatic carbocycles. The summed E-state index contributed by atoms with van der Waals surface area (Å²) >= 11 is 0. The Bertz CT molecular complexity index is 620. The van der Waals surface area contributed by atoms with Crippen LogP contribution in [0.3, 0.4) is 0 Å². The van der Waals surface area contributed by atoms with Gasteiger partial charge < -0.3 is 4.90 Å². The SMILES string of the molecule is CC1(C)c2ccccc2CN1C(=O)c1ccccn1. The molecule has 0 spiro atoms. The summed E-state index contributed by atoms with van der Waals surface area (Å²) in [6.45, 7) is 4.82. The van der Waals surface area contributed by atoms with Crippen LogP contribution in [0, 0.1) is 0 Å². The topological polar surface area (TPSA) is 33.2 Å². The van der Waals surface area contributed by atoms with Gasteiger partial charge in [0.15, 0.2) is 0 Å². The van der Waals surface area contributed by atoms with Crippen LogP contribution >= 0.6 is 0 Å². The number of carbonyl (C=O) groups is 1. The van der Waals surface area contributed by atoms with Crippen LogP contribution in [-0.2, 0) is 12.1 Å². The van der Waals surface area contributed by atoms with E-state index in [1.165, 1.54) is 11.1 Å². The average Bonchev–Trinajstić information content (AvgIpc) is 2.71. The molecule has 96 valence electrons. The lowest BCUT2D eigenvalue weighted by atomic mass is 9.94. The Morgan fingerprint density at radius 1 is 1.16 bits per heavy atom. The highest BCUT2D eigenvalue weighted by Crippen LogP contribution is 2.39. The van der Waals surface area contributed by atoms with Crippen LogP contribution in [0.15, 0.2) is 48.7 Å². The summed E-state index contributed by atoms with van der Waals surface area (Å²) in [5.74, 6) is -0.0122. The lowest BCUT2D eigenvalue weighted by Gasteiger charge is -2.32. The van der Waals surface area contributed by atoms with Crippen molar-refractivity contribution in [3.63, 3.8) is 0 Å². The summed E-state index contributed by atoms with van der Waals surface area (Å²) in [7, 11) is 0. The predicted octanol–water partition coefficient (Wildman–Crippen LogP) is 2.97. The van der Waals surface area contributed by atoms with Gasteiger partial charge in [-0.05, 0) is 37.1 Å². The number of hydrogen-bond acceptors (Lipinski definition) is 2. The van der Waals surface area contributed by atoms with E-state index in [4.69, 9.17) is 0 Å². The van der Waals surface area contributed by atoms with Gasteiger partial charge in [0.1, 0.15) is 5.69 Å². The van der Waals surface area contributed by atoms with Crippen molar-refractivity contribution in [1.82, 2.24) is 9.88 Å². The summed E-state index contributed by atoms with van der Waals surface area (Å²) in [6.07, 6.45) is 1.66. The number of nitrogens with zero attached hydrogens (tertiary/aromatic N) is 2. The molecule has 1 aromatic heterocycles. The molecule has 2 heterocycles. The van der Waals surface area contributed by atoms with Crippen LogP contribution in [0.5, 0.6) is 0 Å². The Balaban J connectivity index is 1.99. The molecule has 0 saturated heterocycles. The molecule has 0 unspecified atom stereocenters. The summed E-state index contributed by atoms with van der Waals surface area (Å²) in [5.41, 5.74) is 2.66. The Morgan fingerprint density at radius 2 is 1.89 bits per heavy atom. The molecule has 3 heteroatoms. The van der Waals surface area contributed by atoms with Crippen molar-refractivity contribution in [3.05, 3.63) is 65.5 Å². The molecule has 1 aliphatic heterocycles.